The lowest BCUT2D eigenvalue weighted by Gasteiger charge is -1.97. The Morgan fingerprint density at radius 2 is 2.11 bits per heavy atom. The Balaban J connectivity index is 2.19. The Hall–Kier alpha value is -0.610. The van der Waals surface area contributed by atoms with Crippen LogP contribution in [0, 0.1) is 5.92 Å². The summed E-state index contributed by atoms with van der Waals surface area (Å²) in [4.78, 5) is 19.4. The van der Waals surface area contributed by atoms with E-state index in [4.69, 9.17) is 5.73 Å². The van der Waals surface area contributed by atoms with Crippen molar-refractivity contribution < 1.29 is 14.6 Å². The first kappa shape index (κ1) is 6.51. The minimum Gasteiger partial charge on any atom is -0.370 e. The van der Waals surface area contributed by atoms with Crippen molar-refractivity contribution in [1.82, 2.24) is 0 Å². The van der Waals surface area contributed by atoms with E-state index < -0.39 is 0 Å². The molecule has 0 aromatic heterocycles. The minimum absolute atomic E-state index is 0.169. The van der Waals surface area contributed by atoms with E-state index >= 15 is 0 Å². The number of hydrogen-bond donors (Lipinski definition) is 1. The molecule has 0 radical (unpaired) electrons. The second-order valence-electron chi connectivity index (χ2n) is 2.11. The molecule has 4 heteroatoms. The molecule has 4 nitrogen and oxygen atoms in total. The fraction of sp³-hybridized carbons (Fsp3) is 0.800. The van der Waals surface area contributed by atoms with E-state index in [1.54, 1.807) is 0 Å². The molecule has 1 rings (SSSR count). The molecule has 9 heavy (non-hydrogen) atoms. The highest BCUT2D eigenvalue weighted by Crippen LogP contribution is 2.10. The van der Waals surface area contributed by atoms with Crippen LogP contribution < -0.4 is 5.73 Å². The van der Waals surface area contributed by atoms with Crippen molar-refractivity contribution in [1.29, 1.82) is 0 Å². The topological polar surface area (TPSA) is 61.6 Å². The second kappa shape index (κ2) is 2.80. The molecule has 0 unspecified atom stereocenters. The lowest BCUT2D eigenvalue weighted by atomic mass is 10.1. The van der Waals surface area contributed by atoms with Gasteiger partial charge in [-0.05, 0) is 0 Å². The Morgan fingerprint density at radius 3 is 2.56 bits per heavy atom. The van der Waals surface area contributed by atoms with Crippen LogP contribution in [0.3, 0.4) is 0 Å². The molecular weight excluding hydrogens is 122 g/mol. The van der Waals surface area contributed by atoms with Crippen LogP contribution in [0.2, 0.25) is 0 Å². The molecule has 1 aliphatic heterocycles. The number of rotatable bonds is 2. The Kier molecular flexibility index (Phi) is 2.02. The van der Waals surface area contributed by atoms with Crippen LogP contribution in [0.1, 0.15) is 6.42 Å². The first-order valence-electron chi connectivity index (χ1n) is 2.82. The summed E-state index contributed by atoms with van der Waals surface area (Å²) in [6, 6.07) is 0. The molecule has 0 saturated carbocycles. The highest BCUT2D eigenvalue weighted by Gasteiger charge is 2.18. The van der Waals surface area contributed by atoms with Crippen LogP contribution in [-0.4, -0.2) is 19.1 Å². The van der Waals surface area contributed by atoms with Gasteiger partial charge < -0.3 is 5.73 Å². The van der Waals surface area contributed by atoms with Gasteiger partial charge in [0.2, 0.25) is 5.91 Å². The number of nitrogens with two attached hydrogens (primary N) is 1. The van der Waals surface area contributed by atoms with Crippen LogP contribution in [0.5, 0.6) is 0 Å². The molecule has 0 bridgehead atoms. The lowest BCUT2D eigenvalue weighted by Crippen LogP contribution is -2.17. The first-order chi connectivity index (χ1) is 4.29. The molecule has 1 heterocycles. The monoisotopic (exact) mass is 131 g/mol. The third-order valence-electron chi connectivity index (χ3n) is 1.18. The molecular formula is C5H9NO3. The molecule has 2 N–H and O–H groups in total. The summed E-state index contributed by atoms with van der Waals surface area (Å²) >= 11 is 0. The van der Waals surface area contributed by atoms with Crippen LogP contribution in [0.15, 0.2) is 0 Å². The molecule has 0 aliphatic carbocycles. The first-order valence-corrected chi connectivity index (χ1v) is 2.82. The van der Waals surface area contributed by atoms with Crippen molar-refractivity contribution in [3.8, 4) is 0 Å². The Labute approximate surface area is 52.9 Å². The predicted octanol–water partition coefficient (Wildman–Crippen LogP) is -0.560. The highest BCUT2D eigenvalue weighted by molar-refractivity contribution is 5.74. The van der Waals surface area contributed by atoms with Crippen molar-refractivity contribution in [2.75, 3.05) is 13.2 Å². The van der Waals surface area contributed by atoms with E-state index in [1.807, 2.05) is 0 Å². The van der Waals surface area contributed by atoms with Gasteiger partial charge in [0.05, 0.1) is 13.2 Å². The largest absolute Gasteiger partial charge is 0.370 e. The summed E-state index contributed by atoms with van der Waals surface area (Å²) in [6.45, 7) is 0.978. The van der Waals surface area contributed by atoms with Gasteiger partial charge in [-0.25, -0.2) is 9.78 Å². The third-order valence-corrected chi connectivity index (χ3v) is 1.18. The highest BCUT2D eigenvalue weighted by atomic mass is 17.2. The average Bonchev–Trinajstić information content (AvgIpc) is 2.15. The molecule has 1 aliphatic rings. The Bertz CT molecular complexity index is 109. The van der Waals surface area contributed by atoms with E-state index in [0.717, 1.165) is 0 Å². The molecule has 0 spiro atoms. The van der Waals surface area contributed by atoms with Crippen LogP contribution in [0.25, 0.3) is 0 Å². The van der Waals surface area contributed by atoms with Gasteiger partial charge in [-0.2, -0.15) is 0 Å². The zero-order chi connectivity index (χ0) is 6.69. The summed E-state index contributed by atoms with van der Waals surface area (Å²) < 4.78 is 0. The molecule has 0 aromatic rings. The lowest BCUT2D eigenvalue weighted by molar-refractivity contribution is -0.248. The number of amides is 1. The number of carbonyl (C=O) groups excluding carboxylic acids is 1. The molecule has 0 atom stereocenters. The maximum Gasteiger partial charge on any atom is 0.217 e. The predicted molar refractivity (Wildman–Crippen MR) is 29.2 cm³/mol. The van der Waals surface area contributed by atoms with Crippen molar-refractivity contribution in [3.63, 3.8) is 0 Å². The fourth-order valence-electron chi connectivity index (χ4n) is 0.739. The third kappa shape index (κ3) is 1.99. The molecule has 52 valence electrons. The minimum atomic E-state index is -0.297. The summed E-state index contributed by atoms with van der Waals surface area (Å²) in [5, 5.41) is 0. The zero-order valence-electron chi connectivity index (χ0n) is 5.00. The van der Waals surface area contributed by atoms with Gasteiger partial charge in [0, 0.05) is 12.3 Å². The zero-order valence-corrected chi connectivity index (χ0v) is 5.00. The van der Waals surface area contributed by atoms with Crippen molar-refractivity contribution >= 4 is 5.91 Å². The van der Waals surface area contributed by atoms with Gasteiger partial charge in [-0.15, -0.1) is 0 Å². The number of primary amides is 1. The number of hydrogen-bond acceptors (Lipinski definition) is 3. The normalized spacial score (nSPS) is 20.4. The van der Waals surface area contributed by atoms with Crippen LogP contribution in [0.4, 0.5) is 0 Å². The summed E-state index contributed by atoms with van der Waals surface area (Å²) in [5.41, 5.74) is 4.92. The van der Waals surface area contributed by atoms with Crippen molar-refractivity contribution in [2.45, 2.75) is 6.42 Å². The molecule has 0 aromatic carbocycles. The van der Waals surface area contributed by atoms with Gasteiger partial charge in [0.15, 0.2) is 0 Å². The van der Waals surface area contributed by atoms with Crippen LogP contribution >= 0.6 is 0 Å². The van der Waals surface area contributed by atoms with Gasteiger partial charge >= 0.3 is 0 Å². The van der Waals surface area contributed by atoms with Crippen LogP contribution in [-0.2, 0) is 14.6 Å². The van der Waals surface area contributed by atoms with Gasteiger partial charge in [0.25, 0.3) is 0 Å². The quantitative estimate of drug-likeness (QED) is 0.511. The van der Waals surface area contributed by atoms with Gasteiger partial charge in [-0.1, -0.05) is 0 Å². The average molecular weight is 131 g/mol. The number of carbonyl (C=O) groups is 1. The molecule has 1 saturated heterocycles. The second-order valence-corrected chi connectivity index (χ2v) is 2.11. The van der Waals surface area contributed by atoms with E-state index in [9.17, 15) is 4.79 Å². The fourth-order valence-corrected chi connectivity index (χ4v) is 0.739. The SMILES string of the molecule is NC(=O)CC1COOC1. The van der Waals surface area contributed by atoms with E-state index in [-0.39, 0.29) is 11.8 Å². The summed E-state index contributed by atoms with van der Waals surface area (Å²) in [6.07, 6.45) is 0.361. The smallest absolute Gasteiger partial charge is 0.217 e. The van der Waals surface area contributed by atoms with E-state index in [1.165, 1.54) is 0 Å². The summed E-state index contributed by atoms with van der Waals surface area (Å²) in [7, 11) is 0. The summed E-state index contributed by atoms with van der Waals surface area (Å²) in [5.74, 6) is -0.128. The van der Waals surface area contributed by atoms with Gasteiger partial charge in [-0.3, -0.25) is 4.79 Å². The maximum atomic E-state index is 10.3. The molecule has 1 amide bonds. The van der Waals surface area contributed by atoms with E-state index in [2.05, 4.69) is 9.78 Å². The maximum absolute atomic E-state index is 10.3. The van der Waals surface area contributed by atoms with Crippen molar-refractivity contribution in [3.05, 3.63) is 0 Å². The standard InChI is InChI=1S/C5H9NO3/c6-5(7)1-4-2-8-9-3-4/h4H,1-3H2,(H2,6,7). The van der Waals surface area contributed by atoms with Crippen molar-refractivity contribution in [2.24, 2.45) is 11.7 Å². The van der Waals surface area contributed by atoms with E-state index in [0.29, 0.717) is 19.6 Å². The Morgan fingerprint density at radius 1 is 1.56 bits per heavy atom. The van der Waals surface area contributed by atoms with Gasteiger partial charge in [0.1, 0.15) is 0 Å². The molecule has 1 fully saturated rings.